The summed E-state index contributed by atoms with van der Waals surface area (Å²) in [5.41, 5.74) is 0.341. The first-order valence-corrected chi connectivity index (χ1v) is 6.18. The first-order chi connectivity index (χ1) is 8.08. The second kappa shape index (κ2) is 5.12. The molecule has 0 spiro atoms. The summed E-state index contributed by atoms with van der Waals surface area (Å²) in [6.45, 7) is 0. The molecule has 1 unspecified atom stereocenters. The van der Waals surface area contributed by atoms with Crippen LogP contribution in [0.25, 0.3) is 0 Å². The number of hydrogen-bond acceptors (Lipinski definition) is 2. The third-order valence-corrected chi connectivity index (χ3v) is 3.81. The van der Waals surface area contributed by atoms with E-state index in [0.717, 1.165) is 17.0 Å². The van der Waals surface area contributed by atoms with Crippen LogP contribution in [0.2, 0.25) is 5.02 Å². The van der Waals surface area contributed by atoms with E-state index in [0.29, 0.717) is 17.0 Å². The van der Waals surface area contributed by atoms with Crippen molar-refractivity contribution in [3.8, 4) is 0 Å². The molecular weight excluding hydrogens is 266 g/mol. The van der Waals surface area contributed by atoms with Crippen molar-refractivity contribution in [2.75, 3.05) is 0 Å². The van der Waals surface area contributed by atoms with E-state index >= 15 is 0 Å². The lowest BCUT2D eigenvalue weighted by molar-refractivity contribution is 0.179. The third-order valence-electron chi connectivity index (χ3n) is 2.40. The van der Waals surface area contributed by atoms with Gasteiger partial charge in [-0.3, -0.25) is 0 Å². The van der Waals surface area contributed by atoms with E-state index in [2.05, 4.69) is 0 Å². The van der Waals surface area contributed by atoms with Gasteiger partial charge in [0.05, 0.1) is 11.1 Å². The lowest BCUT2D eigenvalue weighted by Crippen LogP contribution is -2.02. The van der Waals surface area contributed by atoms with Crippen molar-refractivity contribution >= 4 is 22.9 Å². The lowest BCUT2D eigenvalue weighted by Gasteiger charge is -2.10. The molecule has 0 amide bonds. The topological polar surface area (TPSA) is 20.2 Å². The Morgan fingerprint density at radius 3 is 2.59 bits per heavy atom. The minimum absolute atomic E-state index is 0.293. The largest absolute Gasteiger partial charge is 0.388 e. The van der Waals surface area contributed by atoms with E-state index in [9.17, 15) is 13.9 Å². The molecule has 1 aromatic heterocycles. The SMILES string of the molecule is OC(Cc1sccc1Cl)c1ccc(F)c(F)c1. The maximum atomic E-state index is 13.0. The van der Waals surface area contributed by atoms with Crippen molar-refractivity contribution in [2.45, 2.75) is 12.5 Å². The number of thiophene rings is 1. The Bertz CT molecular complexity index is 527. The molecule has 2 rings (SSSR count). The van der Waals surface area contributed by atoms with Crippen LogP contribution in [0, 0.1) is 11.6 Å². The first kappa shape index (κ1) is 12.5. The fraction of sp³-hybridized carbons (Fsp3) is 0.167. The van der Waals surface area contributed by atoms with Crippen molar-refractivity contribution in [3.63, 3.8) is 0 Å². The van der Waals surface area contributed by atoms with Crippen molar-refractivity contribution in [1.29, 1.82) is 0 Å². The highest BCUT2D eigenvalue weighted by Gasteiger charge is 2.14. The smallest absolute Gasteiger partial charge is 0.159 e. The van der Waals surface area contributed by atoms with Gasteiger partial charge in [-0.15, -0.1) is 11.3 Å². The van der Waals surface area contributed by atoms with E-state index in [1.165, 1.54) is 17.4 Å². The molecule has 5 heteroatoms. The van der Waals surface area contributed by atoms with Crippen molar-refractivity contribution in [2.24, 2.45) is 0 Å². The van der Waals surface area contributed by atoms with Crippen LogP contribution in [0.4, 0.5) is 8.78 Å². The predicted octanol–water partition coefficient (Wildman–Crippen LogP) is 3.96. The Morgan fingerprint density at radius 1 is 1.24 bits per heavy atom. The van der Waals surface area contributed by atoms with E-state index in [1.807, 2.05) is 5.38 Å². The summed E-state index contributed by atoms with van der Waals surface area (Å²) in [4.78, 5) is 0.823. The van der Waals surface area contributed by atoms with Gasteiger partial charge >= 0.3 is 0 Å². The monoisotopic (exact) mass is 274 g/mol. The Balaban J connectivity index is 2.17. The van der Waals surface area contributed by atoms with Crippen LogP contribution < -0.4 is 0 Å². The van der Waals surface area contributed by atoms with Crippen molar-refractivity contribution in [1.82, 2.24) is 0 Å². The zero-order valence-corrected chi connectivity index (χ0v) is 10.2. The molecule has 1 heterocycles. The van der Waals surface area contributed by atoms with E-state index in [4.69, 9.17) is 11.6 Å². The molecule has 0 fully saturated rings. The lowest BCUT2D eigenvalue weighted by atomic mass is 10.1. The average molecular weight is 275 g/mol. The molecule has 1 aromatic carbocycles. The number of rotatable bonds is 3. The summed E-state index contributed by atoms with van der Waals surface area (Å²) in [5.74, 6) is -1.88. The number of halogens is 3. The van der Waals surface area contributed by atoms with Crippen LogP contribution >= 0.6 is 22.9 Å². The van der Waals surface area contributed by atoms with Gasteiger partial charge in [-0.2, -0.15) is 0 Å². The summed E-state index contributed by atoms with van der Waals surface area (Å²) in [5, 5.41) is 12.3. The molecule has 0 saturated carbocycles. The normalized spacial score (nSPS) is 12.7. The number of aliphatic hydroxyl groups is 1. The molecule has 17 heavy (non-hydrogen) atoms. The molecule has 90 valence electrons. The molecule has 0 aliphatic heterocycles. The predicted molar refractivity (Wildman–Crippen MR) is 64.4 cm³/mol. The van der Waals surface area contributed by atoms with Crippen LogP contribution in [0.3, 0.4) is 0 Å². The quantitative estimate of drug-likeness (QED) is 0.898. The minimum atomic E-state index is -0.959. The van der Waals surface area contributed by atoms with Gasteiger partial charge in [-0.1, -0.05) is 17.7 Å². The van der Waals surface area contributed by atoms with Gasteiger partial charge in [0, 0.05) is 11.3 Å². The molecular formula is C12H9ClF2OS. The molecule has 0 aliphatic carbocycles. The highest BCUT2D eigenvalue weighted by molar-refractivity contribution is 7.10. The minimum Gasteiger partial charge on any atom is -0.388 e. The van der Waals surface area contributed by atoms with Gasteiger partial charge in [-0.05, 0) is 29.1 Å². The molecule has 1 N–H and O–H groups in total. The number of hydrogen-bond donors (Lipinski definition) is 1. The molecule has 2 aromatic rings. The fourth-order valence-corrected chi connectivity index (χ4v) is 2.64. The molecule has 0 bridgehead atoms. The van der Waals surface area contributed by atoms with Gasteiger partial charge in [0.25, 0.3) is 0 Å². The summed E-state index contributed by atoms with van der Waals surface area (Å²) in [7, 11) is 0. The maximum absolute atomic E-state index is 13.0. The van der Waals surface area contributed by atoms with Crippen LogP contribution in [-0.2, 0) is 6.42 Å². The molecule has 0 aliphatic rings. The molecule has 1 nitrogen and oxygen atoms in total. The maximum Gasteiger partial charge on any atom is 0.159 e. The highest BCUT2D eigenvalue weighted by atomic mass is 35.5. The fourth-order valence-electron chi connectivity index (χ4n) is 1.48. The Kier molecular flexibility index (Phi) is 3.76. The second-order valence-corrected chi connectivity index (χ2v) is 4.99. The Hall–Kier alpha value is -0.970. The highest BCUT2D eigenvalue weighted by Crippen LogP contribution is 2.28. The van der Waals surface area contributed by atoms with Crippen LogP contribution in [0.1, 0.15) is 16.5 Å². The van der Waals surface area contributed by atoms with Crippen LogP contribution in [0.15, 0.2) is 29.6 Å². The summed E-state index contributed by atoms with van der Waals surface area (Å²) in [6.07, 6.45) is -0.595. The zero-order valence-electron chi connectivity index (χ0n) is 8.66. The van der Waals surface area contributed by atoms with Crippen molar-refractivity contribution < 1.29 is 13.9 Å². The molecule has 0 saturated heterocycles. The average Bonchev–Trinajstić information content (AvgIpc) is 2.68. The standard InChI is InChI=1S/C12H9ClF2OS/c13-8-3-4-17-12(8)6-11(16)7-1-2-9(14)10(15)5-7/h1-5,11,16H,6H2. The van der Waals surface area contributed by atoms with Gasteiger partial charge in [0.1, 0.15) is 0 Å². The summed E-state index contributed by atoms with van der Waals surface area (Å²) >= 11 is 7.31. The number of aliphatic hydroxyl groups excluding tert-OH is 1. The van der Waals surface area contributed by atoms with Crippen LogP contribution in [0.5, 0.6) is 0 Å². The Labute approximate surface area is 106 Å². The first-order valence-electron chi connectivity index (χ1n) is 4.93. The second-order valence-electron chi connectivity index (χ2n) is 3.59. The van der Waals surface area contributed by atoms with E-state index in [1.54, 1.807) is 6.07 Å². The third kappa shape index (κ3) is 2.83. The summed E-state index contributed by atoms with van der Waals surface area (Å²) in [6, 6.07) is 5.11. The van der Waals surface area contributed by atoms with Crippen LogP contribution in [-0.4, -0.2) is 5.11 Å². The van der Waals surface area contributed by atoms with Gasteiger partial charge < -0.3 is 5.11 Å². The van der Waals surface area contributed by atoms with Gasteiger partial charge in [-0.25, -0.2) is 8.78 Å². The van der Waals surface area contributed by atoms with E-state index in [-0.39, 0.29) is 0 Å². The number of benzene rings is 1. The van der Waals surface area contributed by atoms with Gasteiger partial charge in [0.2, 0.25) is 0 Å². The Morgan fingerprint density at radius 2 is 2.00 bits per heavy atom. The van der Waals surface area contributed by atoms with Gasteiger partial charge in [0.15, 0.2) is 11.6 Å². The van der Waals surface area contributed by atoms with E-state index < -0.39 is 17.7 Å². The zero-order chi connectivity index (χ0) is 12.4. The molecule has 1 atom stereocenters. The van der Waals surface area contributed by atoms with Crippen molar-refractivity contribution in [3.05, 3.63) is 56.7 Å². The summed E-state index contributed by atoms with van der Waals surface area (Å²) < 4.78 is 25.7. The molecule has 0 radical (unpaired) electrons.